The van der Waals surface area contributed by atoms with Crippen LogP contribution in [0.15, 0.2) is 6.33 Å². The zero-order chi connectivity index (χ0) is 18.1. The molecule has 3 aliphatic rings. The summed E-state index contributed by atoms with van der Waals surface area (Å²) in [6, 6.07) is -0.0393. The van der Waals surface area contributed by atoms with Crippen molar-refractivity contribution < 1.29 is 14.3 Å². The maximum absolute atomic E-state index is 12.7. The SMILES string of the molecule is COCC(=O)N1CCc2[nH]cnc2C12CCN(C(=O)[C@H]1CCCN1)CC2.Cl.Cl. The summed E-state index contributed by atoms with van der Waals surface area (Å²) >= 11 is 0. The molecule has 4 heterocycles. The lowest BCUT2D eigenvalue weighted by molar-refractivity contribution is -0.148. The highest BCUT2D eigenvalue weighted by molar-refractivity contribution is 5.85. The first-order chi connectivity index (χ1) is 12.7. The first-order valence-corrected chi connectivity index (χ1v) is 9.50. The van der Waals surface area contributed by atoms with Crippen LogP contribution in [0.4, 0.5) is 0 Å². The third kappa shape index (κ3) is 3.87. The van der Waals surface area contributed by atoms with Crippen LogP contribution in [0, 0.1) is 0 Å². The molecular formula is C18H29Cl2N5O3. The van der Waals surface area contributed by atoms with Crippen molar-refractivity contribution in [2.24, 2.45) is 0 Å². The van der Waals surface area contributed by atoms with Gasteiger partial charge in [-0.1, -0.05) is 0 Å². The highest BCUT2D eigenvalue weighted by Gasteiger charge is 2.49. The summed E-state index contributed by atoms with van der Waals surface area (Å²) in [5, 5.41) is 3.29. The molecule has 0 aromatic carbocycles. The van der Waals surface area contributed by atoms with Gasteiger partial charge >= 0.3 is 0 Å². The molecule has 2 amide bonds. The van der Waals surface area contributed by atoms with Crippen LogP contribution in [0.1, 0.15) is 37.1 Å². The molecule has 2 fully saturated rings. The molecule has 1 spiro atoms. The highest BCUT2D eigenvalue weighted by Crippen LogP contribution is 2.42. The van der Waals surface area contributed by atoms with Crippen LogP contribution < -0.4 is 5.32 Å². The van der Waals surface area contributed by atoms with Crippen LogP contribution in [0.3, 0.4) is 0 Å². The molecule has 10 heteroatoms. The number of H-pyrrole nitrogens is 1. The van der Waals surface area contributed by atoms with E-state index in [9.17, 15) is 9.59 Å². The fourth-order valence-electron chi connectivity index (χ4n) is 4.76. The van der Waals surface area contributed by atoms with Crippen molar-refractivity contribution in [3.8, 4) is 0 Å². The molecule has 4 rings (SSSR count). The second kappa shape index (κ2) is 9.43. The van der Waals surface area contributed by atoms with Crippen LogP contribution in [-0.4, -0.2) is 77.5 Å². The summed E-state index contributed by atoms with van der Waals surface area (Å²) in [4.78, 5) is 37.1. The molecule has 0 saturated carbocycles. The number of methoxy groups -OCH3 is 1. The molecule has 3 aliphatic heterocycles. The Bertz CT molecular complexity index is 685. The number of aromatic amines is 1. The van der Waals surface area contributed by atoms with Gasteiger partial charge in [-0.05, 0) is 32.2 Å². The Morgan fingerprint density at radius 1 is 1.29 bits per heavy atom. The standard InChI is InChI=1S/C18H27N5O3.2ClH/c1-26-11-15(24)23-8-4-13-16(21-12-20-13)18(23)5-9-22(10-6-18)17(25)14-3-2-7-19-14;;/h12,14,19H,2-11H2,1H3,(H,20,21);2*1H/t14-;;/m1../s1. The first kappa shape index (κ1) is 22.9. The van der Waals surface area contributed by atoms with Crippen molar-refractivity contribution in [1.82, 2.24) is 25.1 Å². The summed E-state index contributed by atoms with van der Waals surface area (Å²) in [7, 11) is 1.55. The van der Waals surface area contributed by atoms with Gasteiger partial charge in [0.25, 0.3) is 0 Å². The van der Waals surface area contributed by atoms with E-state index < -0.39 is 5.54 Å². The molecule has 0 radical (unpaired) electrons. The molecule has 1 atom stereocenters. The predicted octanol–water partition coefficient (Wildman–Crippen LogP) is 0.854. The van der Waals surface area contributed by atoms with Crippen LogP contribution in [-0.2, 0) is 26.3 Å². The summed E-state index contributed by atoms with van der Waals surface area (Å²) in [6.07, 6.45) is 5.92. The molecule has 28 heavy (non-hydrogen) atoms. The van der Waals surface area contributed by atoms with Gasteiger partial charge in [-0.15, -0.1) is 24.8 Å². The van der Waals surface area contributed by atoms with Crippen molar-refractivity contribution in [2.75, 3.05) is 39.9 Å². The molecule has 1 aromatic heterocycles. The molecule has 0 aliphatic carbocycles. The number of carbonyl (C=O) groups is 2. The Balaban J connectivity index is 0.00000140. The summed E-state index contributed by atoms with van der Waals surface area (Å²) in [5.41, 5.74) is 1.66. The number of imidazole rings is 1. The number of piperidine rings is 1. The number of ether oxygens (including phenoxy) is 1. The van der Waals surface area contributed by atoms with E-state index in [2.05, 4.69) is 15.3 Å². The third-order valence-electron chi connectivity index (χ3n) is 6.09. The van der Waals surface area contributed by atoms with Gasteiger partial charge in [0.05, 0.1) is 23.6 Å². The minimum absolute atomic E-state index is 0. The smallest absolute Gasteiger partial charge is 0.249 e. The molecule has 0 bridgehead atoms. The molecular weight excluding hydrogens is 405 g/mol. The minimum atomic E-state index is -0.427. The maximum Gasteiger partial charge on any atom is 0.249 e. The van der Waals surface area contributed by atoms with Crippen molar-refractivity contribution in [1.29, 1.82) is 0 Å². The van der Waals surface area contributed by atoms with Gasteiger partial charge < -0.3 is 24.8 Å². The predicted molar refractivity (Wildman–Crippen MR) is 109 cm³/mol. The van der Waals surface area contributed by atoms with Crippen LogP contribution in [0.2, 0.25) is 0 Å². The normalized spacial score (nSPS) is 23.0. The topological polar surface area (TPSA) is 90.6 Å². The van der Waals surface area contributed by atoms with E-state index in [0.29, 0.717) is 19.6 Å². The number of hydrogen-bond acceptors (Lipinski definition) is 5. The number of halogens is 2. The van der Waals surface area contributed by atoms with E-state index in [0.717, 1.165) is 50.0 Å². The summed E-state index contributed by atoms with van der Waals surface area (Å²) in [6.45, 7) is 2.97. The van der Waals surface area contributed by atoms with Gasteiger partial charge in [-0.2, -0.15) is 0 Å². The number of rotatable bonds is 3. The van der Waals surface area contributed by atoms with Crippen LogP contribution >= 0.6 is 24.8 Å². The van der Waals surface area contributed by atoms with Crippen molar-refractivity contribution in [2.45, 2.75) is 43.7 Å². The Morgan fingerprint density at radius 2 is 2.04 bits per heavy atom. The zero-order valence-electron chi connectivity index (χ0n) is 16.1. The van der Waals surface area contributed by atoms with E-state index >= 15 is 0 Å². The number of nitrogens with one attached hydrogen (secondary N) is 2. The monoisotopic (exact) mass is 433 g/mol. The number of likely N-dealkylation sites (tertiary alicyclic amines) is 1. The van der Waals surface area contributed by atoms with Gasteiger partial charge in [0, 0.05) is 38.9 Å². The average molecular weight is 434 g/mol. The molecule has 2 N–H and O–H groups in total. The Hall–Kier alpha value is -1.35. The van der Waals surface area contributed by atoms with E-state index in [1.807, 2.05) is 9.80 Å². The van der Waals surface area contributed by atoms with E-state index in [-0.39, 0.29) is 49.3 Å². The molecule has 1 aromatic rings. The number of carbonyl (C=O) groups excluding carboxylic acids is 2. The van der Waals surface area contributed by atoms with Crippen LogP contribution in [0.5, 0.6) is 0 Å². The fourth-order valence-corrected chi connectivity index (χ4v) is 4.76. The third-order valence-corrected chi connectivity index (χ3v) is 6.09. The largest absolute Gasteiger partial charge is 0.375 e. The van der Waals surface area contributed by atoms with Gasteiger partial charge in [0.15, 0.2) is 0 Å². The molecule has 158 valence electrons. The number of hydrogen-bond donors (Lipinski definition) is 2. The first-order valence-electron chi connectivity index (χ1n) is 9.50. The van der Waals surface area contributed by atoms with Crippen LogP contribution in [0.25, 0.3) is 0 Å². The Kier molecular flexibility index (Phi) is 7.73. The Morgan fingerprint density at radius 3 is 2.68 bits per heavy atom. The van der Waals surface area contributed by atoms with Gasteiger partial charge in [0.1, 0.15) is 6.61 Å². The fraction of sp³-hybridized carbons (Fsp3) is 0.722. The molecule has 2 saturated heterocycles. The van der Waals surface area contributed by atoms with Gasteiger partial charge in [-0.3, -0.25) is 9.59 Å². The maximum atomic E-state index is 12.7. The quantitative estimate of drug-likeness (QED) is 0.737. The lowest BCUT2D eigenvalue weighted by atomic mass is 9.78. The average Bonchev–Trinajstić information content (AvgIpc) is 3.34. The van der Waals surface area contributed by atoms with E-state index in [1.54, 1.807) is 13.4 Å². The molecule has 0 unspecified atom stereocenters. The van der Waals surface area contributed by atoms with Gasteiger partial charge in [0.2, 0.25) is 11.8 Å². The summed E-state index contributed by atoms with van der Waals surface area (Å²) < 4.78 is 5.09. The molecule has 8 nitrogen and oxygen atoms in total. The van der Waals surface area contributed by atoms with Crippen molar-refractivity contribution in [3.05, 3.63) is 17.7 Å². The van der Waals surface area contributed by atoms with Crippen molar-refractivity contribution >= 4 is 36.6 Å². The second-order valence-corrected chi connectivity index (χ2v) is 7.46. The van der Waals surface area contributed by atoms with E-state index in [1.165, 1.54) is 0 Å². The highest BCUT2D eigenvalue weighted by atomic mass is 35.5. The van der Waals surface area contributed by atoms with Crippen molar-refractivity contribution in [3.63, 3.8) is 0 Å². The summed E-state index contributed by atoms with van der Waals surface area (Å²) in [5.74, 6) is 0.198. The Labute approximate surface area is 177 Å². The number of nitrogens with zero attached hydrogens (tertiary/aromatic N) is 3. The number of aromatic nitrogens is 2. The van der Waals surface area contributed by atoms with Gasteiger partial charge in [-0.25, -0.2) is 4.98 Å². The lowest BCUT2D eigenvalue weighted by Gasteiger charge is -2.50. The lowest BCUT2D eigenvalue weighted by Crippen LogP contribution is -2.60. The van der Waals surface area contributed by atoms with E-state index in [4.69, 9.17) is 4.74 Å². The number of fused-ring (bicyclic) bond motifs is 2. The minimum Gasteiger partial charge on any atom is -0.375 e. The zero-order valence-corrected chi connectivity index (χ0v) is 17.7. The number of amides is 2. The second-order valence-electron chi connectivity index (χ2n) is 7.46.